The van der Waals surface area contributed by atoms with E-state index >= 15 is 0 Å². The summed E-state index contributed by atoms with van der Waals surface area (Å²) >= 11 is 0. The maximum atomic E-state index is 6.36. The Labute approximate surface area is 312 Å². The first-order valence-electron chi connectivity index (χ1n) is 17.4. The van der Waals surface area contributed by atoms with E-state index in [1.807, 2.05) is 36.5 Å². The van der Waals surface area contributed by atoms with Crippen LogP contribution in [0.15, 0.2) is 114 Å². The van der Waals surface area contributed by atoms with E-state index < -0.39 is 8.07 Å². The largest absolute Gasteiger partial charge is 0.501 e. The average molecular weight is 851 g/mol. The number of pyridine rings is 2. The molecule has 0 aliphatic carbocycles. The summed E-state index contributed by atoms with van der Waals surface area (Å²) in [5.74, 6) is 1.11. The number of benzene rings is 4. The smallest absolute Gasteiger partial charge is 0.121 e. The monoisotopic (exact) mass is 851 g/mol. The van der Waals surface area contributed by atoms with Gasteiger partial charge in [0.2, 0.25) is 0 Å². The van der Waals surface area contributed by atoms with Gasteiger partial charge in [-0.05, 0) is 70.1 Å². The van der Waals surface area contributed by atoms with Gasteiger partial charge in [-0.1, -0.05) is 118 Å². The Hall–Kier alpha value is -4.15. The summed E-state index contributed by atoms with van der Waals surface area (Å²) in [5, 5.41) is 3.71. The molecule has 0 amide bonds. The van der Waals surface area contributed by atoms with E-state index in [4.69, 9.17) is 4.42 Å². The number of fused-ring (bicyclic) bond motifs is 3. The second-order valence-corrected chi connectivity index (χ2v) is 19.7. The molecule has 4 aromatic carbocycles. The Balaban J connectivity index is 0.000000204. The van der Waals surface area contributed by atoms with Crippen LogP contribution in [0.25, 0.3) is 55.6 Å². The summed E-state index contributed by atoms with van der Waals surface area (Å²) in [6, 6.07) is 40.0. The number of rotatable bonds is 7. The molecule has 1 radical (unpaired) electrons. The van der Waals surface area contributed by atoms with Crippen LogP contribution < -0.4 is 5.19 Å². The van der Waals surface area contributed by atoms with Crippen molar-refractivity contribution in [2.45, 2.75) is 66.6 Å². The quantitative estimate of drug-likeness (QED) is 0.118. The molecule has 0 N–H and O–H groups in total. The standard InChI is InChI=1S/C27H22NO.C18H24NSi.Ir/c1-17(2)24-15-25(28-16-18(24)3)23-11-7-10-22-21-13-12-20(14-26(21)29-27(22)23)19-8-5-4-6-9-19;1-14(2)11-16-12-17(15-9-7-6-8-10-15)19-13-18(16)20(3,4)5;/h4-10,12-17H,1-3H3;6-9,12-14H,11H2,1-5H3;/q2*-1;. The molecule has 0 spiro atoms. The van der Waals surface area contributed by atoms with Gasteiger partial charge >= 0.3 is 0 Å². The minimum Gasteiger partial charge on any atom is -0.501 e. The number of aryl methyl sites for hydroxylation is 1. The summed E-state index contributed by atoms with van der Waals surface area (Å²) in [4.78, 5) is 9.37. The van der Waals surface area contributed by atoms with E-state index in [2.05, 4.69) is 149 Å². The second-order valence-electron chi connectivity index (χ2n) is 14.7. The maximum Gasteiger partial charge on any atom is 0.121 e. The van der Waals surface area contributed by atoms with Gasteiger partial charge in [-0.2, -0.15) is 0 Å². The molecule has 0 bridgehead atoms. The molecule has 3 nitrogen and oxygen atoms in total. The van der Waals surface area contributed by atoms with Crippen LogP contribution in [0.1, 0.15) is 50.3 Å². The zero-order valence-electron chi connectivity index (χ0n) is 30.4. The molecule has 0 saturated carbocycles. The maximum absolute atomic E-state index is 6.36. The summed E-state index contributed by atoms with van der Waals surface area (Å²) in [6.45, 7) is 18.3. The molecule has 3 heterocycles. The Morgan fingerprint density at radius 2 is 1.46 bits per heavy atom. The SMILES string of the molecule is CC(C)Cc1cc(-c2[c-]cccc2)ncc1[Si](C)(C)C.Cc1cnc(-c2[c-]ccc3c2oc2cc(-c4ccccc4)ccc23)cc1C(C)C.[Ir]. The molecule has 3 aromatic heterocycles. The predicted molar refractivity (Wildman–Crippen MR) is 210 cm³/mol. The molecule has 0 atom stereocenters. The van der Waals surface area contributed by atoms with Crippen molar-refractivity contribution in [2.24, 2.45) is 5.92 Å². The van der Waals surface area contributed by atoms with Crippen LogP contribution >= 0.6 is 0 Å². The molecule has 257 valence electrons. The van der Waals surface area contributed by atoms with Crippen LogP contribution in [0.2, 0.25) is 19.6 Å². The molecule has 0 fully saturated rings. The number of furan rings is 1. The first-order chi connectivity index (χ1) is 23.5. The Kier molecular flexibility index (Phi) is 11.7. The summed E-state index contributed by atoms with van der Waals surface area (Å²) in [6.07, 6.45) is 5.19. The van der Waals surface area contributed by atoms with Gasteiger partial charge in [0.15, 0.2) is 0 Å². The van der Waals surface area contributed by atoms with Gasteiger partial charge in [0.05, 0.1) is 13.7 Å². The van der Waals surface area contributed by atoms with E-state index in [0.717, 1.165) is 56.4 Å². The first-order valence-corrected chi connectivity index (χ1v) is 20.9. The van der Waals surface area contributed by atoms with Gasteiger partial charge in [0.25, 0.3) is 0 Å². The predicted octanol–water partition coefficient (Wildman–Crippen LogP) is 11.8. The fourth-order valence-electron chi connectivity index (χ4n) is 6.52. The second kappa shape index (κ2) is 15.8. The summed E-state index contributed by atoms with van der Waals surface area (Å²) < 4.78 is 6.36. The van der Waals surface area contributed by atoms with Gasteiger partial charge in [-0.25, -0.2) is 0 Å². The molecule has 0 aliphatic rings. The minimum atomic E-state index is -1.34. The van der Waals surface area contributed by atoms with E-state index in [-0.39, 0.29) is 20.1 Å². The third kappa shape index (κ3) is 8.24. The van der Waals surface area contributed by atoms with Crippen LogP contribution in [0.5, 0.6) is 0 Å². The van der Waals surface area contributed by atoms with Crippen molar-refractivity contribution in [1.29, 1.82) is 0 Å². The summed E-state index contributed by atoms with van der Waals surface area (Å²) in [7, 11) is -1.34. The Morgan fingerprint density at radius 1 is 0.720 bits per heavy atom. The Morgan fingerprint density at radius 3 is 2.14 bits per heavy atom. The van der Waals surface area contributed by atoms with E-state index in [1.165, 1.54) is 27.4 Å². The fourth-order valence-corrected chi connectivity index (χ4v) is 8.11. The topological polar surface area (TPSA) is 38.9 Å². The zero-order valence-corrected chi connectivity index (χ0v) is 33.8. The number of aromatic nitrogens is 2. The van der Waals surface area contributed by atoms with Gasteiger partial charge in [-0.15, -0.1) is 54.1 Å². The van der Waals surface area contributed by atoms with Crippen molar-refractivity contribution in [3.05, 3.63) is 138 Å². The van der Waals surface area contributed by atoms with E-state index in [0.29, 0.717) is 11.8 Å². The fraction of sp³-hybridized carbons (Fsp3) is 0.244. The number of hydrogen-bond donors (Lipinski definition) is 0. The van der Waals surface area contributed by atoms with Gasteiger partial charge in [0.1, 0.15) is 5.58 Å². The average Bonchev–Trinajstić information content (AvgIpc) is 3.47. The molecular formula is C45H46IrN2OSi-2. The zero-order chi connectivity index (χ0) is 34.7. The molecule has 7 rings (SSSR count). The van der Waals surface area contributed by atoms with Crippen molar-refractivity contribution in [2.75, 3.05) is 0 Å². The third-order valence-corrected chi connectivity index (χ3v) is 11.0. The van der Waals surface area contributed by atoms with Crippen molar-refractivity contribution in [1.82, 2.24) is 9.97 Å². The molecule has 5 heteroatoms. The molecule has 50 heavy (non-hydrogen) atoms. The molecule has 0 aliphatic heterocycles. The molecule has 7 aromatic rings. The van der Waals surface area contributed by atoms with Crippen LogP contribution in [-0.2, 0) is 26.5 Å². The van der Waals surface area contributed by atoms with Crippen molar-refractivity contribution in [3.8, 4) is 33.6 Å². The van der Waals surface area contributed by atoms with Crippen molar-refractivity contribution < 1.29 is 24.5 Å². The van der Waals surface area contributed by atoms with Crippen LogP contribution in [0.3, 0.4) is 0 Å². The molecular weight excluding hydrogens is 805 g/mol. The van der Waals surface area contributed by atoms with Gasteiger partial charge < -0.3 is 14.4 Å². The van der Waals surface area contributed by atoms with Crippen molar-refractivity contribution in [3.63, 3.8) is 0 Å². The van der Waals surface area contributed by atoms with Gasteiger partial charge in [-0.3, -0.25) is 0 Å². The minimum absolute atomic E-state index is 0. The van der Waals surface area contributed by atoms with E-state index in [1.54, 1.807) is 0 Å². The Bertz CT molecular complexity index is 2200. The molecule has 0 unspecified atom stereocenters. The van der Waals surface area contributed by atoms with Crippen LogP contribution in [-0.4, -0.2) is 18.0 Å². The normalized spacial score (nSPS) is 11.5. The van der Waals surface area contributed by atoms with E-state index in [9.17, 15) is 0 Å². The van der Waals surface area contributed by atoms with Crippen LogP contribution in [0, 0.1) is 25.0 Å². The van der Waals surface area contributed by atoms with Crippen LogP contribution in [0.4, 0.5) is 0 Å². The summed E-state index contributed by atoms with van der Waals surface area (Å²) in [5.41, 5.74) is 12.0. The number of hydrogen-bond acceptors (Lipinski definition) is 3. The molecule has 0 saturated heterocycles. The third-order valence-electron chi connectivity index (χ3n) is 8.97. The first kappa shape index (κ1) is 37.1. The number of nitrogens with zero attached hydrogens (tertiary/aromatic N) is 2. The van der Waals surface area contributed by atoms with Crippen molar-refractivity contribution >= 4 is 35.2 Å². The van der Waals surface area contributed by atoms with Gasteiger partial charge in [0, 0.05) is 37.9 Å².